The van der Waals surface area contributed by atoms with E-state index >= 15 is 0 Å². The number of nitrogen functional groups attached to an aromatic ring is 2. The molecule has 0 saturated heterocycles. The zero-order valence-corrected chi connectivity index (χ0v) is 22.6. The summed E-state index contributed by atoms with van der Waals surface area (Å²) in [6.45, 7) is 8.78. The van der Waals surface area contributed by atoms with Crippen molar-refractivity contribution in [2.45, 2.75) is 47.5 Å². The molecular formula is C27H34N6O6. The molecule has 0 aliphatic heterocycles. The molecule has 39 heavy (non-hydrogen) atoms. The molecule has 2 amide bonds. The molecular weight excluding hydrogens is 504 g/mol. The number of nitrogens with zero attached hydrogens (tertiary/aromatic N) is 2. The van der Waals surface area contributed by atoms with Crippen LogP contribution in [-0.2, 0) is 9.59 Å². The smallest absolute Gasteiger partial charge is 0.272 e. The molecule has 208 valence electrons. The summed E-state index contributed by atoms with van der Waals surface area (Å²) in [6, 6.07) is 14.5. The van der Waals surface area contributed by atoms with Crippen molar-refractivity contribution in [2.75, 3.05) is 22.1 Å². The number of nitro benzene ring substituents is 2. The van der Waals surface area contributed by atoms with Crippen LogP contribution in [0.1, 0.15) is 43.4 Å². The first-order valence-corrected chi connectivity index (χ1v) is 12.0. The van der Waals surface area contributed by atoms with E-state index in [-0.39, 0.29) is 23.2 Å². The van der Waals surface area contributed by atoms with Crippen LogP contribution in [0, 0.1) is 41.0 Å². The van der Waals surface area contributed by atoms with E-state index in [9.17, 15) is 29.8 Å². The zero-order valence-electron chi connectivity index (χ0n) is 22.6. The summed E-state index contributed by atoms with van der Waals surface area (Å²) in [4.78, 5) is 42.1. The van der Waals surface area contributed by atoms with Crippen molar-refractivity contribution in [1.29, 1.82) is 0 Å². The van der Waals surface area contributed by atoms with Gasteiger partial charge in [0.15, 0.2) is 0 Å². The first-order chi connectivity index (χ1) is 18.3. The lowest BCUT2D eigenvalue weighted by Gasteiger charge is -2.05. The van der Waals surface area contributed by atoms with Crippen molar-refractivity contribution in [3.63, 3.8) is 0 Å². The number of nitrogens with two attached hydrogens (primary N) is 2. The van der Waals surface area contributed by atoms with Gasteiger partial charge in [-0.25, -0.2) is 0 Å². The quantitative estimate of drug-likeness (QED) is 0.175. The Morgan fingerprint density at radius 2 is 1.10 bits per heavy atom. The number of carbonyl (C=O) groups excluding carboxylic acids is 2. The summed E-state index contributed by atoms with van der Waals surface area (Å²) in [5, 5.41) is 26.2. The molecule has 0 heterocycles. The molecule has 12 nitrogen and oxygen atoms in total. The number of nitrogens with one attached hydrogen (secondary N) is 2. The van der Waals surface area contributed by atoms with Gasteiger partial charge < -0.3 is 22.1 Å². The maximum Gasteiger partial charge on any atom is 0.272 e. The number of benzene rings is 3. The second kappa shape index (κ2) is 15.3. The fraction of sp³-hybridized carbons (Fsp3) is 0.259. The van der Waals surface area contributed by atoms with Gasteiger partial charge in [-0.2, -0.15) is 0 Å². The Morgan fingerprint density at radius 1 is 0.692 bits per heavy atom. The summed E-state index contributed by atoms with van der Waals surface area (Å²) in [6.07, 6.45) is 0.874. The number of aryl methyl sites for hydroxylation is 3. The maximum atomic E-state index is 11.1. The van der Waals surface area contributed by atoms with Crippen molar-refractivity contribution in [2.24, 2.45) is 0 Å². The molecule has 0 radical (unpaired) electrons. The van der Waals surface area contributed by atoms with Crippen LogP contribution in [0.5, 0.6) is 0 Å². The second-order valence-electron chi connectivity index (χ2n) is 8.44. The lowest BCUT2D eigenvalue weighted by atomic mass is 10.2. The number of anilines is 4. The predicted octanol–water partition coefficient (Wildman–Crippen LogP) is 5.66. The van der Waals surface area contributed by atoms with Crippen LogP contribution in [0.25, 0.3) is 0 Å². The normalized spacial score (nSPS) is 9.67. The minimum Gasteiger partial charge on any atom is -0.399 e. The molecule has 0 aromatic heterocycles. The van der Waals surface area contributed by atoms with Gasteiger partial charge in [0.1, 0.15) is 0 Å². The Morgan fingerprint density at radius 3 is 1.49 bits per heavy atom. The molecule has 0 bridgehead atoms. The summed E-state index contributed by atoms with van der Waals surface area (Å²) >= 11 is 0. The molecule has 0 fully saturated rings. The van der Waals surface area contributed by atoms with E-state index in [0.717, 1.165) is 16.9 Å². The largest absolute Gasteiger partial charge is 0.399 e. The van der Waals surface area contributed by atoms with E-state index in [4.69, 9.17) is 11.5 Å². The van der Waals surface area contributed by atoms with E-state index < -0.39 is 9.85 Å². The van der Waals surface area contributed by atoms with E-state index in [2.05, 4.69) is 10.6 Å². The Bertz CT molecular complexity index is 1340. The minimum atomic E-state index is -0.444. The number of amides is 2. The molecule has 3 aromatic carbocycles. The maximum absolute atomic E-state index is 11.1. The van der Waals surface area contributed by atoms with Crippen molar-refractivity contribution in [3.05, 3.63) is 91.5 Å². The highest BCUT2D eigenvalue weighted by Crippen LogP contribution is 2.22. The molecule has 0 atom stereocenters. The van der Waals surface area contributed by atoms with Gasteiger partial charge in [0, 0.05) is 58.9 Å². The van der Waals surface area contributed by atoms with Crippen molar-refractivity contribution < 1.29 is 19.4 Å². The van der Waals surface area contributed by atoms with E-state index in [1.165, 1.54) is 24.3 Å². The molecule has 0 aliphatic rings. The third kappa shape index (κ3) is 10.9. The fourth-order valence-electron chi connectivity index (χ4n) is 3.07. The topological polar surface area (TPSA) is 197 Å². The van der Waals surface area contributed by atoms with E-state index in [1.807, 2.05) is 19.9 Å². The predicted molar refractivity (Wildman–Crippen MR) is 154 cm³/mol. The van der Waals surface area contributed by atoms with Crippen LogP contribution in [0.3, 0.4) is 0 Å². The van der Waals surface area contributed by atoms with Gasteiger partial charge in [-0.05, 0) is 68.8 Å². The van der Waals surface area contributed by atoms with Crippen molar-refractivity contribution in [3.8, 4) is 0 Å². The molecule has 12 heteroatoms. The minimum absolute atomic E-state index is 0.0178. The van der Waals surface area contributed by atoms with Gasteiger partial charge in [0.2, 0.25) is 11.8 Å². The Hall–Kier alpha value is -5.00. The van der Waals surface area contributed by atoms with E-state index in [0.29, 0.717) is 35.3 Å². The molecule has 0 spiro atoms. The van der Waals surface area contributed by atoms with Crippen LogP contribution in [0.4, 0.5) is 34.1 Å². The molecule has 0 unspecified atom stereocenters. The summed E-state index contributed by atoms with van der Waals surface area (Å²) in [5.74, 6) is -0.0903. The first-order valence-electron chi connectivity index (χ1n) is 12.0. The zero-order chi connectivity index (χ0) is 29.7. The molecule has 3 rings (SSSR count). The molecule has 0 aliphatic carbocycles. The monoisotopic (exact) mass is 538 g/mol. The standard InChI is InChI=1S/C10H12N2O3.C10H14N2O.C7H8N2O2/c1-3-10(13)11-8-4-5-9(12(14)15)7(2)6-8;1-3-10(13)12-8-4-5-9(11)7(2)6-8;1-5-4-6(8)2-3-7(5)9(10)11/h4-6H,3H2,1-2H3,(H,11,13);4-6H,3,11H2,1-2H3,(H,12,13);2-4H,8H2,1H3. The highest BCUT2D eigenvalue weighted by molar-refractivity contribution is 5.91. The summed E-state index contributed by atoms with van der Waals surface area (Å²) < 4.78 is 0. The number of rotatable bonds is 6. The highest BCUT2D eigenvalue weighted by atomic mass is 16.6. The van der Waals surface area contributed by atoms with Crippen LogP contribution in [-0.4, -0.2) is 21.7 Å². The average Bonchev–Trinajstić information content (AvgIpc) is 2.86. The SMILES string of the molecule is CCC(=O)Nc1ccc(N)c(C)c1.CCC(=O)Nc1ccc([N+](=O)[O-])c(C)c1.Cc1cc(N)ccc1[N+](=O)[O-]. The van der Waals surface area contributed by atoms with Crippen LogP contribution in [0.15, 0.2) is 54.6 Å². The Labute approximate surface area is 226 Å². The van der Waals surface area contributed by atoms with Gasteiger partial charge in [-0.1, -0.05) is 13.8 Å². The van der Waals surface area contributed by atoms with Gasteiger partial charge in [-0.3, -0.25) is 29.8 Å². The first kappa shape index (κ1) is 32.0. The molecule has 3 aromatic rings. The number of hydrogen-bond donors (Lipinski definition) is 4. The van der Waals surface area contributed by atoms with Gasteiger partial charge in [0.05, 0.1) is 9.85 Å². The lowest BCUT2D eigenvalue weighted by Crippen LogP contribution is -2.09. The van der Waals surface area contributed by atoms with Crippen LogP contribution >= 0.6 is 0 Å². The summed E-state index contributed by atoms with van der Waals surface area (Å²) in [7, 11) is 0. The van der Waals surface area contributed by atoms with Crippen molar-refractivity contribution in [1.82, 2.24) is 0 Å². The number of hydrogen-bond acceptors (Lipinski definition) is 8. The molecule has 6 N–H and O–H groups in total. The van der Waals surface area contributed by atoms with Gasteiger partial charge in [-0.15, -0.1) is 0 Å². The third-order valence-corrected chi connectivity index (χ3v) is 5.29. The van der Waals surface area contributed by atoms with Gasteiger partial charge >= 0.3 is 0 Å². The van der Waals surface area contributed by atoms with Crippen LogP contribution in [0.2, 0.25) is 0 Å². The third-order valence-electron chi connectivity index (χ3n) is 5.29. The Kier molecular flexibility index (Phi) is 12.6. The average molecular weight is 539 g/mol. The lowest BCUT2D eigenvalue weighted by molar-refractivity contribution is -0.385. The van der Waals surface area contributed by atoms with E-state index in [1.54, 1.807) is 45.0 Å². The Balaban J connectivity index is 0.000000296. The fourth-order valence-corrected chi connectivity index (χ4v) is 3.07. The second-order valence-corrected chi connectivity index (χ2v) is 8.44. The molecule has 0 saturated carbocycles. The van der Waals surface area contributed by atoms with Gasteiger partial charge in [0.25, 0.3) is 11.4 Å². The number of nitro groups is 2. The van der Waals surface area contributed by atoms with Crippen molar-refractivity contribution >= 4 is 45.9 Å². The highest BCUT2D eigenvalue weighted by Gasteiger charge is 2.11. The number of carbonyl (C=O) groups is 2. The summed E-state index contributed by atoms with van der Waals surface area (Å²) in [5.41, 5.74) is 16.0. The van der Waals surface area contributed by atoms with Crippen LogP contribution < -0.4 is 22.1 Å².